The SMILES string of the molecule is Cc1ccccc1C(Sc1n[nH]c(C2CC2)n1)c1ccccc1. The minimum absolute atomic E-state index is 0.209. The quantitative estimate of drug-likeness (QED) is 0.681. The largest absolute Gasteiger partial charge is 0.262 e. The molecule has 23 heavy (non-hydrogen) atoms. The summed E-state index contributed by atoms with van der Waals surface area (Å²) in [5.74, 6) is 1.65. The van der Waals surface area contributed by atoms with Gasteiger partial charge in [-0.2, -0.15) is 0 Å². The number of rotatable bonds is 5. The molecule has 0 aliphatic heterocycles. The lowest BCUT2D eigenvalue weighted by atomic mass is 10.0. The van der Waals surface area contributed by atoms with Gasteiger partial charge in [0.1, 0.15) is 5.82 Å². The van der Waals surface area contributed by atoms with Gasteiger partial charge in [-0.25, -0.2) is 4.98 Å². The van der Waals surface area contributed by atoms with Gasteiger partial charge in [0.05, 0.1) is 5.25 Å². The predicted octanol–water partition coefficient (Wildman–Crippen LogP) is 4.87. The molecule has 0 spiro atoms. The summed E-state index contributed by atoms with van der Waals surface area (Å²) in [6.45, 7) is 2.17. The third-order valence-electron chi connectivity index (χ3n) is 4.24. The van der Waals surface area contributed by atoms with Crippen LogP contribution in [0.2, 0.25) is 0 Å². The lowest BCUT2D eigenvalue weighted by Crippen LogP contribution is -2.00. The zero-order valence-electron chi connectivity index (χ0n) is 13.1. The highest BCUT2D eigenvalue weighted by atomic mass is 32.2. The van der Waals surface area contributed by atoms with Gasteiger partial charge in [0, 0.05) is 5.92 Å². The molecule has 1 unspecified atom stereocenters. The summed E-state index contributed by atoms with van der Waals surface area (Å²) < 4.78 is 0. The van der Waals surface area contributed by atoms with E-state index in [-0.39, 0.29) is 5.25 Å². The van der Waals surface area contributed by atoms with E-state index in [0.717, 1.165) is 11.0 Å². The number of H-pyrrole nitrogens is 1. The van der Waals surface area contributed by atoms with Crippen LogP contribution in [0.15, 0.2) is 59.8 Å². The van der Waals surface area contributed by atoms with E-state index < -0.39 is 0 Å². The highest BCUT2D eigenvalue weighted by Crippen LogP contribution is 2.42. The number of nitrogens with one attached hydrogen (secondary N) is 1. The van der Waals surface area contributed by atoms with Crippen molar-refractivity contribution >= 4 is 11.8 Å². The van der Waals surface area contributed by atoms with Crippen molar-refractivity contribution in [2.24, 2.45) is 0 Å². The molecule has 4 heteroatoms. The van der Waals surface area contributed by atoms with Crippen molar-refractivity contribution in [3.05, 3.63) is 77.1 Å². The number of benzene rings is 2. The van der Waals surface area contributed by atoms with Crippen molar-refractivity contribution in [3.8, 4) is 0 Å². The van der Waals surface area contributed by atoms with Gasteiger partial charge in [0.2, 0.25) is 5.16 Å². The summed E-state index contributed by atoms with van der Waals surface area (Å²) in [6, 6.07) is 19.2. The molecule has 1 heterocycles. The average Bonchev–Trinajstić information content (AvgIpc) is 3.34. The number of aromatic nitrogens is 3. The van der Waals surface area contributed by atoms with Crippen LogP contribution in [0.5, 0.6) is 0 Å². The van der Waals surface area contributed by atoms with Crippen LogP contribution in [0.1, 0.15) is 46.5 Å². The van der Waals surface area contributed by atoms with Crippen LogP contribution >= 0.6 is 11.8 Å². The Morgan fingerprint density at radius 3 is 2.52 bits per heavy atom. The van der Waals surface area contributed by atoms with Gasteiger partial charge in [-0.15, -0.1) is 5.10 Å². The highest BCUT2D eigenvalue weighted by molar-refractivity contribution is 7.99. The molecule has 4 rings (SSSR count). The van der Waals surface area contributed by atoms with E-state index in [1.165, 1.54) is 29.5 Å². The maximum Gasteiger partial charge on any atom is 0.209 e. The smallest absolute Gasteiger partial charge is 0.209 e. The Balaban J connectivity index is 1.68. The fourth-order valence-corrected chi connectivity index (χ4v) is 3.92. The van der Waals surface area contributed by atoms with Crippen LogP contribution in [-0.4, -0.2) is 15.2 Å². The number of aromatic amines is 1. The zero-order chi connectivity index (χ0) is 15.6. The van der Waals surface area contributed by atoms with Crippen molar-refractivity contribution < 1.29 is 0 Å². The first-order chi connectivity index (χ1) is 11.3. The summed E-state index contributed by atoms with van der Waals surface area (Å²) >= 11 is 1.72. The fourth-order valence-electron chi connectivity index (χ4n) is 2.78. The lowest BCUT2D eigenvalue weighted by Gasteiger charge is -2.18. The molecule has 1 aliphatic rings. The molecule has 0 bridgehead atoms. The molecule has 1 aromatic heterocycles. The van der Waals surface area contributed by atoms with Gasteiger partial charge in [-0.3, -0.25) is 5.10 Å². The molecule has 1 N–H and O–H groups in total. The molecule has 0 radical (unpaired) electrons. The molecular formula is C19H19N3S. The van der Waals surface area contributed by atoms with E-state index in [1.54, 1.807) is 11.8 Å². The molecule has 0 saturated heterocycles. The Bertz CT molecular complexity index is 793. The number of hydrogen-bond acceptors (Lipinski definition) is 3. The number of thioether (sulfide) groups is 1. The van der Waals surface area contributed by atoms with Crippen LogP contribution in [-0.2, 0) is 0 Å². The van der Waals surface area contributed by atoms with E-state index in [0.29, 0.717) is 5.92 Å². The van der Waals surface area contributed by atoms with Gasteiger partial charge in [-0.1, -0.05) is 66.4 Å². The van der Waals surface area contributed by atoms with Crippen molar-refractivity contribution in [3.63, 3.8) is 0 Å². The predicted molar refractivity (Wildman–Crippen MR) is 93.7 cm³/mol. The number of aryl methyl sites for hydroxylation is 1. The minimum Gasteiger partial charge on any atom is -0.262 e. The lowest BCUT2D eigenvalue weighted by molar-refractivity contribution is 0.931. The first-order valence-electron chi connectivity index (χ1n) is 8.00. The molecule has 3 nitrogen and oxygen atoms in total. The van der Waals surface area contributed by atoms with E-state index >= 15 is 0 Å². The summed E-state index contributed by atoms with van der Waals surface area (Å²) in [4.78, 5) is 4.69. The van der Waals surface area contributed by atoms with Crippen molar-refractivity contribution in [2.45, 2.75) is 36.1 Å². The third-order valence-corrected chi connectivity index (χ3v) is 5.40. The molecule has 2 aromatic carbocycles. The molecule has 116 valence electrons. The number of hydrogen-bond donors (Lipinski definition) is 1. The fraction of sp³-hybridized carbons (Fsp3) is 0.263. The Morgan fingerprint density at radius 1 is 1.04 bits per heavy atom. The Hall–Kier alpha value is -2.07. The second-order valence-corrected chi connectivity index (χ2v) is 7.11. The van der Waals surface area contributed by atoms with Crippen LogP contribution in [0.25, 0.3) is 0 Å². The van der Waals surface area contributed by atoms with Crippen molar-refractivity contribution in [1.29, 1.82) is 0 Å². The molecule has 1 saturated carbocycles. The normalized spacial score (nSPS) is 15.5. The second-order valence-electron chi connectivity index (χ2n) is 6.04. The molecule has 1 atom stereocenters. The Kier molecular flexibility index (Phi) is 3.92. The minimum atomic E-state index is 0.209. The second kappa shape index (κ2) is 6.20. The maximum atomic E-state index is 4.69. The summed E-state index contributed by atoms with van der Waals surface area (Å²) in [5.41, 5.74) is 3.90. The summed E-state index contributed by atoms with van der Waals surface area (Å²) in [6.07, 6.45) is 2.47. The molecule has 0 amide bonds. The zero-order valence-corrected chi connectivity index (χ0v) is 13.9. The summed E-state index contributed by atoms with van der Waals surface area (Å²) in [7, 11) is 0. The van der Waals surface area contributed by atoms with Crippen LogP contribution in [0.3, 0.4) is 0 Å². The molecule has 3 aromatic rings. The highest BCUT2D eigenvalue weighted by Gasteiger charge is 2.28. The average molecular weight is 321 g/mol. The Morgan fingerprint density at radius 2 is 1.78 bits per heavy atom. The van der Waals surface area contributed by atoms with Crippen molar-refractivity contribution in [1.82, 2.24) is 15.2 Å². The molecule has 1 fully saturated rings. The van der Waals surface area contributed by atoms with Crippen LogP contribution < -0.4 is 0 Å². The molecular weight excluding hydrogens is 302 g/mol. The Labute approximate surface area is 140 Å². The van der Waals surface area contributed by atoms with Crippen LogP contribution in [0.4, 0.5) is 0 Å². The van der Waals surface area contributed by atoms with E-state index in [2.05, 4.69) is 76.7 Å². The molecule has 1 aliphatic carbocycles. The first-order valence-corrected chi connectivity index (χ1v) is 8.88. The van der Waals surface area contributed by atoms with Crippen molar-refractivity contribution in [2.75, 3.05) is 0 Å². The van der Waals surface area contributed by atoms with E-state index in [9.17, 15) is 0 Å². The number of nitrogens with zero attached hydrogens (tertiary/aromatic N) is 2. The standard InChI is InChI=1S/C19H19N3S/c1-13-7-5-6-10-16(13)17(14-8-3-2-4-9-14)23-19-20-18(21-22-19)15-11-12-15/h2-10,15,17H,11-12H2,1H3,(H,20,21,22). The van der Waals surface area contributed by atoms with E-state index in [1.807, 2.05) is 0 Å². The van der Waals surface area contributed by atoms with Gasteiger partial charge in [-0.05, 0) is 36.5 Å². The van der Waals surface area contributed by atoms with Gasteiger partial charge in [0.15, 0.2) is 0 Å². The first kappa shape index (κ1) is 14.5. The van der Waals surface area contributed by atoms with Gasteiger partial charge >= 0.3 is 0 Å². The summed E-state index contributed by atoms with van der Waals surface area (Å²) in [5, 5.41) is 8.58. The van der Waals surface area contributed by atoms with Gasteiger partial charge in [0.25, 0.3) is 0 Å². The van der Waals surface area contributed by atoms with E-state index in [4.69, 9.17) is 0 Å². The third kappa shape index (κ3) is 3.17. The monoisotopic (exact) mass is 321 g/mol. The van der Waals surface area contributed by atoms with Gasteiger partial charge < -0.3 is 0 Å². The maximum absolute atomic E-state index is 4.69. The van der Waals surface area contributed by atoms with Crippen LogP contribution in [0, 0.1) is 6.92 Å². The topological polar surface area (TPSA) is 41.6 Å².